The second-order valence-electron chi connectivity index (χ2n) is 6.81. The lowest BCUT2D eigenvalue weighted by molar-refractivity contribution is -0.224. The molecule has 1 fully saturated rings. The SMILES string of the molecule is CC(=O)O[SiH](OC(C)=O)c1ccc2c(c1)COC(C)(C1CCCC1)O2. The van der Waals surface area contributed by atoms with Crippen molar-refractivity contribution in [3.63, 3.8) is 0 Å². The fourth-order valence-electron chi connectivity index (χ4n) is 3.54. The lowest BCUT2D eigenvalue weighted by atomic mass is 9.97. The molecule has 3 rings (SSSR count). The van der Waals surface area contributed by atoms with Gasteiger partial charge < -0.3 is 18.3 Å². The van der Waals surface area contributed by atoms with Crippen molar-refractivity contribution in [2.45, 2.75) is 58.8 Å². The summed E-state index contributed by atoms with van der Waals surface area (Å²) in [5.41, 5.74) is 0.879. The van der Waals surface area contributed by atoms with Crippen molar-refractivity contribution in [3.8, 4) is 5.75 Å². The molecule has 0 saturated heterocycles. The van der Waals surface area contributed by atoms with Crippen molar-refractivity contribution in [3.05, 3.63) is 23.8 Å². The first-order valence-electron chi connectivity index (χ1n) is 8.67. The largest absolute Gasteiger partial charge is 0.484 e. The summed E-state index contributed by atoms with van der Waals surface area (Å²) in [6.07, 6.45) is 4.68. The van der Waals surface area contributed by atoms with Crippen LogP contribution in [0.3, 0.4) is 0 Å². The van der Waals surface area contributed by atoms with E-state index in [4.69, 9.17) is 18.3 Å². The summed E-state index contributed by atoms with van der Waals surface area (Å²) >= 11 is 0. The molecule has 0 N–H and O–H groups in total. The molecule has 1 aromatic rings. The first-order valence-corrected chi connectivity index (χ1v) is 10.2. The zero-order valence-electron chi connectivity index (χ0n) is 14.9. The van der Waals surface area contributed by atoms with Crippen molar-refractivity contribution in [1.82, 2.24) is 0 Å². The molecule has 0 bridgehead atoms. The monoisotopic (exact) mass is 364 g/mol. The molecule has 2 aliphatic rings. The van der Waals surface area contributed by atoms with Gasteiger partial charge in [-0.05, 0) is 25.0 Å². The summed E-state index contributed by atoms with van der Waals surface area (Å²) in [6, 6.07) is 5.52. The third-order valence-corrected chi connectivity index (χ3v) is 6.82. The first-order chi connectivity index (χ1) is 11.9. The Kier molecular flexibility index (Phi) is 5.15. The first kappa shape index (κ1) is 17.9. The maximum atomic E-state index is 11.3. The maximum absolute atomic E-state index is 11.3. The molecule has 0 amide bonds. The van der Waals surface area contributed by atoms with E-state index >= 15 is 0 Å². The van der Waals surface area contributed by atoms with Crippen LogP contribution in [-0.2, 0) is 29.8 Å². The van der Waals surface area contributed by atoms with E-state index in [9.17, 15) is 9.59 Å². The van der Waals surface area contributed by atoms with Crippen molar-refractivity contribution >= 4 is 26.4 Å². The molecule has 1 aromatic carbocycles. The fourth-order valence-corrected chi connectivity index (χ4v) is 5.05. The van der Waals surface area contributed by atoms with Gasteiger partial charge in [0.1, 0.15) is 5.75 Å². The average Bonchev–Trinajstić information content (AvgIpc) is 3.08. The molecule has 0 radical (unpaired) electrons. The van der Waals surface area contributed by atoms with Gasteiger partial charge in [0, 0.05) is 37.4 Å². The van der Waals surface area contributed by atoms with Gasteiger partial charge in [0.15, 0.2) is 0 Å². The topological polar surface area (TPSA) is 71.1 Å². The highest BCUT2D eigenvalue weighted by Gasteiger charge is 2.42. The molecule has 1 saturated carbocycles. The Morgan fingerprint density at radius 3 is 2.40 bits per heavy atom. The summed E-state index contributed by atoms with van der Waals surface area (Å²) in [4.78, 5) is 22.6. The van der Waals surface area contributed by atoms with Gasteiger partial charge in [-0.25, -0.2) is 0 Å². The van der Waals surface area contributed by atoms with Crippen molar-refractivity contribution in [2.24, 2.45) is 5.92 Å². The Labute approximate surface area is 149 Å². The quantitative estimate of drug-likeness (QED) is 0.762. The fraction of sp³-hybridized carbons (Fsp3) is 0.556. The van der Waals surface area contributed by atoms with Gasteiger partial charge in [-0.1, -0.05) is 18.9 Å². The molecule has 0 spiro atoms. The van der Waals surface area contributed by atoms with E-state index in [1.807, 2.05) is 25.1 Å². The number of ether oxygens (including phenoxy) is 2. The third-order valence-electron chi connectivity index (χ3n) is 4.83. The predicted molar refractivity (Wildman–Crippen MR) is 92.5 cm³/mol. The van der Waals surface area contributed by atoms with E-state index in [0.717, 1.165) is 24.2 Å². The molecule has 136 valence electrons. The lowest BCUT2D eigenvalue weighted by Gasteiger charge is -2.40. The number of benzene rings is 1. The minimum absolute atomic E-state index is 0.407. The Hall–Kier alpha value is -1.86. The van der Waals surface area contributed by atoms with Crippen LogP contribution in [0.4, 0.5) is 0 Å². The summed E-state index contributed by atoms with van der Waals surface area (Å²) in [5, 5.41) is 0.709. The van der Waals surface area contributed by atoms with Gasteiger partial charge in [0.25, 0.3) is 11.9 Å². The van der Waals surface area contributed by atoms with Gasteiger partial charge in [0.05, 0.1) is 6.61 Å². The Bertz CT molecular complexity index is 654. The maximum Gasteiger partial charge on any atom is 0.483 e. The molecule has 1 aliphatic carbocycles. The van der Waals surface area contributed by atoms with Gasteiger partial charge in [0.2, 0.25) is 5.79 Å². The average molecular weight is 364 g/mol. The van der Waals surface area contributed by atoms with Crippen LogP contribution in [-0.4, -0.2) is 27.0 Å². The van der Waals surface area contributed by atoms with E-state index in [1.54, 1.807) is 0 Å². The highest BCUT2D eigenvalue weighted by atomic mass is 28.3. The van der Waals surface area contributed by atoms with E-state index in [-0.39, 0.29) is 0 Å². The molecular weight excluding hydrogens is 340 g/mol. The van der Waals surface area contributed by atoms with Crippen molar-refractivity contribution in [1.29, 1.82) is 0 Å². The summed E-state index contributed by atoms with van der Waals surface area (Å²) < 4.78 is 22.7. The smallest absolute Gasteiger partial charge is 0.483 e. The van der Waals surface area contributed by atoms with E-state index in [1.165, 1.54) is 26.7 Å². The molecule has 6 nitrogen and oxygen atoms in total. The lowest BCUT2D eigenvalue weighted by Crippen LogP contribution is -2.46. The zero-order valence-corrected chi connectivity index (χ0v) is 16.0. The number of rotatable bonds is 4. The van der Waals surface area contributed by atoms with Gasteiger partial charge in [-0.15, -0.1) is 0 Å². The molecule has 1 heterocycles. The summed E-state index contributed by atoms with van der Waals surface area (Å²) in [7, 11) is -2.62. The number of carbonyl (C=O) groups is 2. The minimum atomic E-state index is -2.62. The van der Waals surface area contributed by atoms with Crippen molar-refractivity contribution in [2.75, 3.05) is 0 Å². The van der Waals surface area contributed by atoms with Gasteiger partial charge >= 0.3 is 9.28 Å². The second-order valence-corrected chi connectivity index (χ2v) is 8.61. The zero-order chi connectivity index (χ0) is 18.0. The number of hydrogen-bond donors (Lipinski definition) is 0. The Balaban J connectivity index is 1.80. The number of carbonyl (C=O) groups excluding carboxylic acids is 2. The molecule has 1 unspecified atom stereocenters. The van der Waals surface area contributed by atoms with Crippen LogP contribution < -0.4 is 9.92 Å². The molecule has 1 aliphatic heterocycles. The normalized spacial score (nSPS) is 23.0. The number of hydrogen-bond acceptors (Lipinski definition) is 6. The molecule has 7 heteroatoms. The summed E-state index contributed by atoms with van der Waals surface area (Å²) in [5.74, 6) is -0.325. The predicted octanol–water partition coefficient (Wildman–Crippen LogP) is 2.06. The third kappa shape index (κ3) is 4.04. The van der Waals surface area contributed by atoms with Crippen LogP contribution in [0.25, 0.3) is 0 Å². The van der Waals surface area contributed by atoms with E-state index in [0.29, 0.717) is 17.7 Å². The van der Waals surface area contributed by atoms with Gasteiger partial charge in [-0.3, -0.25) is 9.59 Å². The minimum Gasteiger partial charge on any atom is -0.484 e. The molecule has 0 aromatic heterocycles. The Morgan fingerprint density at radius 2 is 1.80 bits per heavy atom. The highest BCUT2D eigenvalue weighted by molar-refractivity contribution is 6.64. The number of fused-ring (bicyclic) bond motifs is 1. The van der Waals surface area contributed by atoms with Crippen molar-refractivity contribution < 1.29 is 27.9 Å². The van der Waals surface area contributed by atoms with Crippen LogP contribution in [0.5, 0.6) is 5.75 Å². The standard InChI is InChI=1S/C18H24O6Si/c1-12(19)23-25(24-13(2)20)16-8-9-17-14(10-16)11-21-18(3,22-17)15-6-4-5-7-15/h8-10,15,25H,4-7,11H2,1-3H3. The molecular formula is C18H24O6Si. The highest BCUT2D eigenvalue weighted by Crippen LogP contribution is 2.41. The summed E-state index contributed by atoms with van der Waals surface area (Å²) in [6.45, 7) is 5.05. The van der Waals surface area contributed by atoms with Gasteiger partial charge in [-0.2, -0.15) is 0 Å². The van der Waals surface area contributed by atoms with Crippen LogP contribution in [0, 0.1) is 5.92 Å². The van der Waals surface area contributed by atoms with E-state index < -0.39 is 27.0 Å². The second kappa shape index (κ2) is 7.17. The van der Waals surface area contributed by atoms with Crippen LogP contribution in [0.2, 0.25) is 0 Å². The molecule has 25 heavy (non-hydrogen) atoms. The van der Waals surface area contributed by atoms with Crippen LogP contribution in [0.15, 0.2) is 18.2 Å². The molecule has 1 atom stereocenters. The van der Waals surface area contributed by atoms with Crippen LogP contribution in [0.1, 0.15) is 52.0 Å². The Morgan fingerprint density at radius 1 is 1.16 bits per heavy atom. The van der Waals surface area contributed by atoms with E-state index in [2.05, 4.69) is 0 Å². The van der Waals surface area contributed by atoms with Crippen LogP contribution >= 0.6 is 0 Å².